The number of benzene rings is 1. The van der Waals surface area contributed by atoms with E-state index in [4.69, 9.17) is 4.74 Å². The molecular weight excluding hydrogens is 742 g/mol. The van der Waals surface area contributed by atoms with Crippen LogP contribution in [0.5, 0.6) is 0 Å². The van der Waals surface area contributed by atoms with Gasteiger partial charge < -0.3 is 20.3 Å². The van der Waals surface area contributed by atoms with Crippen molar-refractivity contribution in [3.05, 3.63) is 64.4 Å². The zero-order valence-electron chi connectivity index (χ0n) is 28.6. The van der Waals surface area contributed by atoms with Crippen LogP contribution in [0, 0.1) is 12.3 Å². The highest BCUT2D eigenvalue weighted by atomic mass is 79.9. The molecule has 16 heteroatoms. The first-order valence-corrected chi connectivity index (χ1v) is 18.0. The van der Waals surface area contributed by atoms with Gasteiger partial charge in [0.25, 0.3) is 5.91 Å². The molecule has 2 N–H and O–H groups in total. The van der Waals surface area contributed by atoms with E-state index in [0.29, 0.717) is 46.2 Å². The fourth-order valence-electron chi connectivity index (χ4n) is 7.36. The van der Waals surface area contributed by atoms with E-state index in [-0.39, 0.29) is 62.5 Å². The van der Waals surface area contributed by atoms with E-state index in [1.807, 2.05) is 12.1 Å². The summed E-state index contributed by atoms with van der Waals surface area (Å²) in [5.41, 5.74) is 2.31. The molecule has 2 fully saturated rings. The maximum Gasteiger partial charge on any atom is 0.324 e. The number of halogens is 3. The molecule has 1 aromatic carbocycles. The van der Waals surface area contributed by atoms with Gasteiger partial charge in [-0.05, 0) is 84.1 Å². The van der Waals surface area contributed by atoms with Crippen LogP contribution in [0.3, 0.4) is 0 Å². The quantitative estimate of drug-likeness (QED) is 0.215. The van der Waals surface area contributed by atoms with Gasteiger partial charge in [0, 0.05) is 61.4 Å². The third kappa shape index (κ3) is 7.05. The number of carbonyl (C=O) groups excluding carboxylic acids is 4. The van der Waals surface area contributed by atoms with Gasteiger partial charge >= 0.3 is 5.92 Å². The number of hydrogen-bond acceptors (Lipinski definition) is 9. The van der Waals surface area contributed by atoms with Crippen LogP contribution in [0.4, 0.5) is 14.6 Å². The van der Waals surface area contributed by atoms with Crippen LogP contribution in [-0.4, -0.2) is 84.3 Å². The molecule has 4 aromatic rings. The number of alkyl halides is 2. The van der Waals surface area contributed by atoms with Gasteiger partial charge in [0.05, 0.1) is 12.1 Å². The summed E-state index contributed by atoms with van der Waals surface area (Å²) in [6.45, 7) is 3.14. The molecule has 1 saturated carbocycles. The molecule has 0 radical (unpaired) electrons. The number of ketones is 1. The molecule has 2 bridgehead atoms. The maximum absolute atomic E-state index is 14.7. The van der Waals surface area contributed by atoms with Crippen LogP contribution in [0.1, 0.15) is 67.3 Å². The van der Waals surface area contributed by atoms with E-state index in [1.165, 1.54) is 11.6 Å². The molecule has 3 aromatic heterocycles. The number of anilines is 1. The molecule has 1 spiro atoms. The van der Waals surface area contributed by atoms with Crippen molar-refractivity contribution in [1.29, 1.82) is 0 Å². The summed E-state index contributed by atoms with van der Waals surface area (Å²) in [5, 5.41) is 10.4. The molecule has 1 aliphatic carbocycles. The molecule has 5 heterocycles. The Morgan fingerprint density at radius 3 is 2.62 bits per heavy atom. The number of aryl methyl sites for hydroxylation is 1. The predicted octanol–water partition coefficient (Wildman–Crippen LogP) is 5.00. The van der Waals surface area contributed by atoms with Gasteiger partial charge in [-0.15, -0.1) is 0 Å². The van der Waals surface area contributed by atoms with Crippen molar-refractivity contribution in [2.45, 2.75) is 83.5 Å². The number of pyridine rings is 1. The first kappa shape index (κ1) is 35.7. The van der Waals surface area contributed by atoms with Crippen molar-refractivity contribution in [3.63, 3.8) is 0 Å². The van der Waals surface area contributed by atoms with Crippen LogP contribution in [-0.2, 0) is 32.3 Å². The summed E-state index contributed by atoms with van der Waals surface area (Å²) in [7, 11) is 0. The summed E-state index contributed by atoms with van der Waals surface area (Å²) in [4.78, 5) is 68.1. The molecule has 52 heavy (non-hydrogen) atoms. The lowest BCUT2D eigenvalue weighted by Gasteiger charge is -2.27. The van der Waals surface area contributed by atoms with Crippen molar-refractivity contribution in [1.82, 2.24) is 34.9 Å². The SMILES string of the molecule is CC(=O)c1nn(CC(=O)N2[C@H]3C[C@@]4(CCNC(=O)C(F)(F)CCCCOCc5ccc(Br)nc5NC3=O)C[C@@H]24)c2ccc(-c3cnc(C)nc3)cc12. The van der Waals surface area contributed by atoms with Gasteiger partial charge in [-0.1, -0.05) is 12.1 Å². The molecule has 13 nitrogen and oxygen atoms in total. The van der Waals surface area contributed by atoms with E-state index in [2.05, 4.69) is 46.6 Å². The molecule has 272 valence electrons. The van der Waals surface area contributed by atoms with Crippen LogP contribution in [0.15, 0.2) is 47.3 Å². The summed E-state index contributed by atoms with van der Waals surface area (Å²) in [6, 6.07) is 7.60. The van der Waals surface area contributed by atoms with Gasteiger partial charge in [0.15, 0.2) is 5.78 Å². The minimum absolute atomic E-state index is 0.0259. The summed E-state index contributed by atoms with van der Waals surface area (Å²) in [5.74, 6) is -5.11. The summed E-state index contributed by atoms with van der Waals surface area (Å²) < 4.78 is 37.0. The molecule has 1 saturated heterocycles. The zero-order valence-corrected chi connectivity index (χ0v) is 30.2. The van der Waals surface area contributed by atoms with Gasteiger partial charge in [-0.25, -0.2) is 15.0 Å². The Hall–Kier alpha value is -4.70. The standard InChI is InChI=1S/C36H37BrF2N8O5/c1-20(48)31-25-13-22(24-16-41-21(2)42-17-24)5-7-26(25)46(45-31)18-30(49)47-27-14-35(15-28(35)47)10-11-40-34(51)36(38,39)9-3-4-12-52-19-23-6-8-29(37)43-32(23)44-33(27)50/h5-8,13,16-17,27-28H,3-4,9-12,14-15,18-19H2,1-2H3,(H,40,51)(H,43,44,50)/t27-,28+,35-/m0/s1. The second-order valence-electron chi connectivity index (χ2n) is 13.8. The Labute approximate surface area is 306 Å². The topological polar surface area (TPSA) is 161 Å². The number of rotatable bonds is 4. The minimum atomic E-state index is -3.53. The summed E-state index contributed by atoms with van der Waals surface area (Å²) >= 11 is 3.36. The Kier molecular flexibility index (Phi) is 9.63. The van der Waals surface area contributed by atoms with E-state index < -0.39 is 41.5 Å². The number of nitrogens with zero attached hydrogens (tertiary/aromatic N) is 6. The van der Waals surface area contributed by atoms with Crippen molar-refractivity contribution >= 4 is 56.2 Å². The fraction of sp³-hybridized carbons (Fsp3) is 0.444. The number of Topliss-reactive ketones (excluding diaryl/α,β-unsaturated/α-hetero) is 1. The Bertz CT molecular complexity index is 2080. The maximum atomic E-state index is 14.7. The number of ether oxygens (including phenoxy) is 1. The van der Waals surface area contributed by atoms with Crippen LogP contribution in [0.2, 0.25) is 0 Å². The third-order valence-electron chi connectivity index (χ3n) is 10.2. The van der Waals surface area contributed by atoms with Crippen LogP contribution >= 0.6 is 15.9 Å². The molecular formula is C36H37BrF2N8O5. The highest BCUT2D eigenvalue weighted by Gasteiger charge is 2.66. The van der Waals surface area contributed by atoms with Gasteiger partial charge in [0.1, 0.15) is 34.5 Å². The number of likely N-dealkylation sites (tertiary alicyclic amines) is 1. The summed E-state index contributed by atoms with van der Waals surface area (Å²) in [6.07, 6.45) is 4.32. The monoisotopic (exact) mass is 778 g/mol. The zero-order chi connectivity index (χ0) is 36.8. The number of nitrogens with one attached hydrogen (secondary N) is 2. The number of carbonyl (C=O) groups is 4. The fourth-order valence-corrected chi connectivity index (χ4v) is 7.67. The number of aromatic nitrogens is 5. The molecule has 3 amide bonds. The molecule has 2 aliphatic heterocycles. The Morgan fingerprint density at radius 2 is 1.85 bits per heavy atom. The van der Waals surface area contributed by atoms with E-state index in [0.717, 1.165) is 11.1 Å². The van der Waals surface area contributed by atoms with Crippen molar-refractivity contribution in [2.75, 3.05) is 18.5 Å². The normalized spacial score (nSPS) is 23.5. The first-order valence-electron chi connectivity index (χ1n) is 17.2. The number of hydrogen-bond donors (Lipinski definition) is 2. The number of fused-ring (bicyclic) bond motifs is 3. The smallest absolute Gasteiger partial charge is 0.324 e. The second kappa shape index (κ2) is 14.0. The molecule has 3 atom stereocenters. The van der Waals surface area contributed by atoms with Gasteiger partial charge in [-0.2, -0.15) is 13.9 Å². The third-order valence-corrected chi connectivity index (χ3v) is 10.6. The lowest BCUT2D eigenvalue weighted by molar-refractivity contribution is -0.146. The largest absolute Gasteiger partial charge is 0.377 e. The van der Waals surface area contributed by atoms with Crippen molar-refractivity contribution in [3.8, 4) is 11.1 Å². The molecule has 3 aliphatic rings. The van der Waals surface area contributed by atoms with Gasteiger partial charge in [-0.3, -0.25) is 23.9 Å². The average molecular weight is 780 g/mol. The number of amides is 3. The van der Waals surface area contributed by atoms with E-state index >= 15 is 0 Å². The van der Waals surface area contributed by atoms with Crippen LogP contribution in [0.25, 0.3) is 22.0 Å². The van der Waals surface area contributed by atoms with Crippen molar-refractivity contribution in [2.24, 2.45) is 5.41 Å². The second-order valence-corrected chi connectivity index (χ2v) is 14.6. The lowest BCUT2D eigenvalue weighted by atomic mass is 9.95. The average Bonchev–Trinajstić information content (AvgIpc) is 3.52. The van der Waals surface area contributed by atoms with Gasteiger partial charge in [0.2, 0.25) is 11.8 Å². The Balaban J connectivity index is 1.19. The Morgan fingerprint density at radius 1 is 1.06 bits per heavy atom. The van der Waals surface area contributed by atoms with Crippen molar-refractivity contribution < 1.29 is 32.7 Å². The lowest BCUT2D eigenvalue weighted by Crippen LogP contribution is -2.47. The highest BCUT2D eigenvalue weighted by molar-refractivity contribution is 9.10. The molecule has 7 rings (SSSR count). The first-order chi connectivity index (χ1) is 24.8. The van der Waals surface area contributed by atoms with Crippen LogP contribution < -0.4 is 10.6 Å². The predicted molar refractivity (Wildman–Crippen MR) is 188 cm³/mol. The van der Waals surface area contributed by atoms with E-state index in [9.17, 15) is 28.0 Å². The highest BCUT2D eigenvalue weighted by Crippen LogP contribution is 2.61. The van der Waals surface area contributed by atoms with E-state index in [1.54, 1.807) is 42.4 Å². The minimum Gasteiger partial charge on any atom is -0.377 e. The molecule has 0 unspecified atom stereocenters. The number of piperidine rings is 1.